The Labute approximate surface area is 124 Å². The third kappa shape index (κ3) is 4.06. The molecular weight excluding hydrogens is 273 g/mol. The van der Waals surface area contributed by atoms with Gasteiger partial charge in [-0.3, -0.25) is 0 Å². The average molecular weight is 292 g/mol. The van der Waals surface area contributed by atoms with Gasteiger partial charge in [-0.05, 0) is 43.5 Å². The standard InChI is InChI=1S/C17H19ClFN/c1-12(10-14-6-4-3-5-7-14)20-13(2)15-8-9-17(19)16(18)11-15/h3-9,11-13,20H,10H2,1-2H3. The second-order valence-corrected chi connectivity index (χ2v) is 5.56. The van der Waals surface area contributed by atoms with Crippen LogP contribution in [0.5, 0.6) is 0 Å². The van der Waals surface area contributed by atoms with Crippen molar-refractivity contribution in [2.75, 3.05) is 0 Å². The molecule has 0 saturated heterocycles. The summed E-state index contributed by atoms with van der Waals surface area (Å²) in [5, 5.41) is 3.68. The number of rotatable bonds is 5. The summed E-state index contributed by atoms with van der Waals surface area (Å²) in [4.78, 5) is 0. The van der Waals surface area contributed by atoms with Crippen molar-refractivity contribution in [2.45, 2.75) is 32.4 Å². The smallest absolute Gasteiger partial charge is 0.141 e. The van der Waals surface area contributed by atoms with Crippen molar-refractivity contribution in [3.63, 3.8) is 0 Å². The van der Waals surface area contributed by atoms with Gasteiger partial charge in [0.15, 0.2) is 0 Å². The van der Waals surface area contributed by atoms with Gasteiger partial charge in [0.2, 0.25) is 0 Å². The molecule has 0 saturated carbocycles. The largest absolute Gasteiger partial charge is 0.307 e. The molecule has 0 aliphatic heterocycles. The predicted molar refractivity (Wildman–Crippen MR) is 82.6 cm³/mol. The van der Waals surface area contributed by atoms with Crippen LogP contribution in [0.25, 0.3) is 0 Å². The molecule has 106 valence electrons. The molecule has 2 aromatic carbocycles. The summed E-state index contributed by atoms with van der Waals surface area (Å²) in [6.07, 6.45) is 0.958. The van der Waals surface area contributed by atoms with Crippen LogP contribution in [-0.4, -0.2) is 6.04 Å². The third-order valence-corrected chi connectivity index (χ3v) is 3.65. The van der Waals surface area contributed by atoms with Gasteiger partial charge in [0.1, 0.15) is 5.82 Å². The first-order chi connectivity index (χ1) is 9.56. The van der Waals surface area contributed by atoms with Gasteiger partial charge >= 0.3 is 0 Å². The molecule has 2 aromatic rings. The van der Waals surface area contributed by atoms with E-state index in [0.29, 0.717) is 6.04 Å². The Bertz CT molecular complexity index is 556. The molecule has 0 aliphatic carbocycles. The fourth-order valence-corrected chi connectivity index (χ4v) is 2.52. The van der Waals surface area contributed by atoms with Crippen LogP contribution in [0.4, 0.5) is 4.39 Å². The summed E-state index contributed by atoms with van der Waals surface area (Å²) in [5.41, 5.74) is 2.30. The van der Waals surface area contributed by atoms with E-state index in [9.17, 15) is 4.39 Å². The SMILES string of the molecule is CC(Cc1ccccc1)NC(C)c1ccc(F)c(Cl)c1. The van der Waals surface area contributed by atoms with E-state index in [2.05, 4.69) is 31.3 Å². The molecule has 0 radical (unpaired) electrons. The van der Waals surface area contributed by atoms with E-state index >= 15 is 0 Å². The van der Waals surface area contributed by atoms with Gasteiger partial charge in [-0.2, -0.15) is 0 Å². The Morgan fingerprint density at radius 2 is 1.80 bits per heavy atom. The van der Waals surface area contributed by atoms with E-state index in [-0.39, 0.29) is 16.9 Å². The van der Waals surface area contributed by atoms with Crippen LogP contribution < -0.4 is 5.32 Å². The lowest BCUT2D eigenvalue weighted by atomic mass is 10.0. The zero-order valence-corrected chi connectivity index (χ0v) is 12.5. The van der Waals surface area contributed by atoms with E-state index in [1.54, 1.807) is 12.1 Å². The summed E-state index contributed by atoms with van der Waals surface area (Å²) < 4.78 is 13.2. The fourth-order valence-electron chi connectivity index (χ4n) is 2.33. The normalized spacial score (nSPS) is 14.0. The number of benzene rings is 2. The minimum Gasteiger partial charge on any atom is -0.307 e. The van der Waals surface area contributed by atoms with E-state index in [4.69, 9.17) is 11.6 Å². The topological polar surface area (TPSA) is 12.0 Å². The molecule has 1 nitrogen and oxygen atoms in total. The van der Waals surface area contributed by atoms with Crippen LogP contribution >= 0.6 is 11.6 Å². The Hall–Kier alpha value is -1.38. The summed E-state index contributed by atoms with van der Waals surface area (Å²) >= 11 is 5.82. The molecule has 0 bridgehead atoms. The maximum atomic E-state index is 13.2. The van der Waals surface area contributed by atoms with E-state index in [0.717, 1.165) is 12.0 Å². The van der Waals surface area contributed by atoms with Gasteiger partial charge in [-0.1, -0.05) is 48.0 Å². The Kier molecular flexibility index (Phi) is 5.16. The molecule has 20 heavy (non-hydrogen) atoms. The highest BCUT2D eigenvalue weighted by atomic mass is 35.5. The highest BCUT2D eigenvalue weighted by Gasteiger charge is 2.11. The maximum absolute atomic E-state index is 13.2. The molecule has 0 spiro atoms. The molecule has 0 heterocycles. The Morgan fingerprint density at radius 3 is 2.45 bits per heavy atom. The Morgan fingerprint density at radius 1 is 1.10 bits per heavy atom. The number of halogens is 2. The molecular formula is C17H19ClFN. The molecule has 1 N–H and O–H groups in total. The van der Waals surface area contributed by atoms with Crippen LogP contribution in [-0.2, 0) is 6.42 Å². The highest BCUT2D eigenvalue weighted by molar-refractivity contribution is 6.30. The first-order valence-electron chi connectivity index (χ1n) is 6.81. The van der Waals surface area contributed by atoms with E-state index in [1.165, 1.54) is 11.6 Å². The van der Waals surface area contributed by atoms with Gasteiger partial charge in [-0.25, -0.2) is 4.39 Å². The molecule has 0 fully saturated rings. The van der Waals surface area contributed by atoms with Crippen molar-refractivity contribution < 1.29 is 4.39 Å². The fraction of sp³-hybridized carbons (Fsp3) is 0.294. The van der Waals surface area contributed by atoms with Crippen LogP contribution in [0.2, 0.25) is 5.02 Å². The molecule has 2 atom stereocenters. The van der Waals surface area contributed by atoms with Crippen LogP contribution in [0.15, 0.2) is 48.5 Å². The van der Waals surface area contributed by atoms with Gasteiger partial charge in [-0.15, -0.1) is 0 Å². The molecule has 0 aromatic heterocycles. The summed E-state index contributed by atoms with van der Waals surface area (Å²) in [7, 11) is 0. The number of hydrogen-bond acceptors (Lipinski definition) is 1. The molecule has 2 rings (SSSR count). The molecule has 0 aliphatic rings. The second-order valence-electron chi connectivity index (χ2n) is 5.15. The lowest BCUT2D eigenvalue weighted by molar-refractivity contribution is 0.476. The minimum atomic E-state index is -0.375. The van der Waals surface area contributed by atoms with Crippen LogP contribution in [0, 0.1) is 5.82 Å². The lowest BCUT2D eigenvalue weighted by Gasteiger charge is -2.20. The summed E-state index contributed by atoms with van der Waals surface area (Å²) in [6.45, 7) is 4.21. The summed E-state index contributed by atoms with van der Waals surface area (Å²) in [6, 6.07) is 15.7. The minimum absolute atomic E-state index is 0.131. The zero-order valence-electron chi connectivity index (χ0n) is 11.7. The monoisotopic (exact) mass is 291 g/mol. The van der Waals surface area contributed by atoms with Crippen molar-refractivity contribution in [3.8, 4) is 0 Å². The van der Waals surface area contributed by atoms with Crippen molar-refractivity contribution in [2.24, 2.45) is 0 Å². The number of nitrogens with one attached hydrogen (secondary N) is 1. The van der Waals surface area contributed by atoms with Crippen molar-refractivity contribution >= 4 is 11.6 Å². The van der Waals surface area contributed by atoms with E-state index < -0.39 is 0 Å². The van der Waals surface area contributed by atoms with Gasteiger partial charge in [0.25, 0.3) is 0 Å². The zero-order chi connectivity index (χ0) is 14.5. The molecule has 0 amide bonds. The lowest BCUT2D eigenvalue weighted by Crippen LogP contribution is -2.30. The van der Waals surface area contributed by atoms with Crippen molar-refractivity contribution in [3.05, 3.63) is 70.5 Å². The average Bonchev–Trinajstić information content (AvgIpc) is 2.42. The maximum Gasteiger partial charge on any atom is 0.141 e. The van der Waals surface area contributed by atoms with Crippen molar-refractivity contribution in [1.82, 2.24) is 5.32 Å². The summed E-state index contributed by atoms with van der Waals surface area (Å²) in [5.74, 6) is -0.375. The molecule has 2 unspecified atom stereocenters. The highest BCUT2D eigenvalue weighted by Crippen LogP contribution is 2.21. The van der Waals surface area contributed by atoms with Crippen molar-refractivity contribution in [1.29, 1.82) is 0 Å². The van der Waals surface area contributed by atoms with Gasteiger partial charge in [0, 0.05) is 12.1 Å². The molecule has 3 heteroatoms. The quantitative estimate of drug-likeness (QED) is 0.837. The number of hydrogen-bond donors (Lipinski definition) is 1. The van der Waals surface area contributed by atoms with Gasteiger partial charge < -0.3 is 5.32 Å². The predicted octanol–water partition coefficient (Wildman–Crippen LogP) is 4.76. The first-order valence-corrected chi connectivity index (χ1v) is 7.19. The van der Waals surface area contributed by atoms with E-state index in [1.807, 2.05) is 18.2 Å². The van der Waals surface area contributed by atoms with Crippen LogP contribution in [0.3, 0.4) is 0 Å². The third-order valence-electron chi connectivity index (χ3n) is 3.36. The second kappa shape index (κ2) is 6.87. The van der Waals surface area contributed by atoms with Crippen LogP contribution in [0.1, 0.15) is 31.0 Å². The van der Waals surface area contributed by atoms with Gasteiger partial charge in [0.05, 0.1) is 5.02 Å². The Balaban J connectivity index is 1.96. The first kappa shape index (κ1) is 15.0.